The fraction of sp³-hybridized carbons (Fsp3) is 0.250. The predicted octanol–water partition coefficient (Wildman–Crippen LogP) is 3.19. The Morgan fingerprint density at radius 2 is 1.78 bits per heavy atom. The average Bonchev–Trinajstić information content (AvgIpc) is 2.84. The fourth-order valence-electron chi connectivity index (χ4n) is 3.60. The van der Waals surface area contributed by atoms with E-state index in [1.165, 1.54) is 11.2 Å². The van der Waals surface area contributed by atoms with E-state index in [0.717, 1.165) is 29.6 Å². The molecule has 3 aromatic rings. The number of carbonyl (C=O) groups excluding carboxylic acids is 1. The molecule has 6 nitrogen and oxygen atoms in total. The number of nitrogens with zero attached hydrogens (tertiary/aromatic N) is 2. The van der Waals surface area contributed by atoms with Gasteiger partial charge in [0.1, 0.15) is 0 Å². The minimum Gasteiger partial charge on any atom is -0.343 e. The second kappa shape index (κ2) is 6.83. The lowest BCUT2D eigenvalue weighted by molar-refractivity contribution is -0.114. The van der Waals surface area contributed by atoms with Crippen LogP contribution < -0.4 is 5.32 Å². The van der Waals surface area contributed by atoms with Crippen LogP contribution in [0.3, 0.4) is 0 Å². The van der Waals surface area contributed by atoms with Crippen LogP contribution in [0.1, 0.15) is 19.0 Å². The van der Waals surface area contributed by atoms with Gasteiger partial charge in [0.2, 0.25) is 15.9 Å². The highest BCUT2D eigenvalue weighted by molar-refractivity contribution is 7.89. The lowest BCUT2D eigenvalue weighted by Gasteiger charge is -2.20. The number of benzene rings is 2. The first-order chi connectivity index (χ1) is 12.9. The summed E-state index contributed by atoms with van der Waals surface area (Å²) in [5.74, 6) is -0.189. The van der Waals surface area contributed by atoms with Crippen molar-refractivity contribution >= 4 is 32.5 Å². The lowest BCUT2D eigenvalue weighted by Crippen LogP contribution is -2.30. The van der Waals surface area contributed by atoms with E-state index in [2.05, 4.69) is 28.1 Å². The van der Waals surface area contributed by atoms with Crippen molar-refractivity contribution < 1.29 is 13.2 Å². The van der Waals surface area contributed by atoms with E-state index in [1.54, 1.807) is 24.3 Å². The number of fused-ring (bicyclic) bond motifs is 3. The quantitative estimate of drug-likeness (QED) is 0.755. The van der Waals surface area contributed by atoms with Gasteiger partial charge in [0.25, 0.3) is 0 Å². The summed E-state index contributed by atoms with van der Waals surface area (Å²) < 4.78 is 30.0. The highest BCUT2D eigenvalue weighted by Gasteiger charge is 2.27. The van der Waals surface area contributed by atoms with Crippen molar-refractivity contribution in [3.05, 3.63) is 60.3 Å². The molecule has 1 aliphatic rings. The van der Waals surface area contributed by atoms with Crippen LogP contribution in [0.25, 0.3) is 10.9 Å². The second-order valence-corrected chi connectivity index (χ2v) is 8.68. The maximum absolute atomic E-state index is 13.1. The van der Waals surface area contributed by atoms with Gasteiger partial charge in [0, 0.05) is 36.9 Å². The van der Waals surface area contributed by atoms with E-state index in [-0.39, 0.29) is 10.8 Å². The molecule has 7 heteroatoms. The van der Waals surface area contributed by atoms with E-state index in [0.29, 0.717) is 18.8 Å². The molecule has 0 radical (unpaired) electrons. The van der Waals surface area contributed by atoms with E-state index in [4.69, 9.17) is 0 Å². The predicted molar refractivity (Wildman–Crippen MR) is 105 cm³/mol. The van der Waals surface area contributed by atoms with Crippen LogP contribution in [0.5, 0.6) is 0 Å². The molecule has 0 bridgehead atoms. The molecule has 4 rings (SSSR count). The van der Waals surface area contributed by atoms with Gasteiger partial charge < -0.3 is 9.88 Å². The third kappa shape index (κ3) is 3.36. The Morgan fingerprint density at radius 3 is 2.52 bits per heavy atom. The van der Waals surface area contributed by atoms with E-state index in [9.17, 15) is 13.2 Å². The average molecular weight is 383 g/mol. The number of aryl methyl sites for hydroxylation is 1. The van der Waals surface area contributed by atoms with E-state index in [1.807, 2.05) is 12.1 Å². The van der Waals surface area contributed by atoms with Gasteiger partial charge >= 0.3 is 0 Å². The number of rotatable bonds is 3. The Morgan fingerprint density at radius 1 is 1.04 bits per heavy atom. The number of hydrogen-bond acceptors (Lipinski definition) is 3. The molecule has 0 unspecified atom stereocenters. The van der Waals surface area contributed by atoms with Crippen LogP contribution >= 0.6 is 0 Å². The molecule has 27 heavy (non-hydrogen) atoms. The number of nitrogens with one attached hydrogen (secondary N) is 1. The van der Waals surface area contributed by atoms with Gasteiger partial charge in [-0.3, -0.25) is 4.79 Å². The maximum Gasteiger partial charge on any atom is 0.243 e. The summed E-state index contributed by atoms with van der Waals surface area (Å²) in [4.78, 5) is 11.4. The van der Waals surface area contributed by atoms with Crippen LogP contribution in [-0.4, -0.2) is 29.7 Å². The molecule has 0 fully saturated rings. The molecule has 1 N–H and O–H groups in total. The van der Waals surface area contributed by atoms with Crippen molar-refractivity contribution in [2.24, 2.45) is 0 Å². The van der Waals surface area contributed by atoms with Crippen LogP contribution in [-0.2, 0) is 27.9 Å². The first-order valence-electron chi connectivity index (χ1n) is 8.90. The molecule has 0 saturated carbocycles. The van der Waals surface area contributed by atoms with Crippen molar-refractivity contribution in [2.45, 2.75) is 31.3 Å². The minimum atomic E-state index is -3.60. The van der Waals surface area contributed by atoms with Crippen molar-refractivity contribution in [2.75, 3.05) is 11.9 Å². The molecule has 0 saturated heterocycles. The third-order valence-electron chi connectivity index (χ3n) is 4.84. The molecule has 2 heterocycles. The lowest BCUT2D eigenvalue weighted by atomic mass is 10.2. The first kappa shape index (κ1) is 17.8. The van der Waals surface area contributed by atoms with Crippen molar-refractivity contribution in [1.29, 1.82) is 0 Å². The zero-order valence-electron chi connectivity index (χ0n) is 15.1. The van der Waals surface area contributed by atoms with Crippen LogP contribution in [0.4, 0.5) is 5.69 Å². The Balaban J connectivity index is 1.64. The molecular weight excluding hydrogens is 362 g/mol. The maximum atomic E-state index is 13.1. The summed E-state index contributed by atoms with van der Waals surface area (Å²) in [5, 5.41) is 3.78. The van der Waals surface area contributed by atoms with Gasteiger partial charge in [-0.05, 0) is 48.2 Å². The van der Waals surface area contributed by atoms with Crippen LogP contribution in [0.15, 0.2) is 59.5 Å². The highest BCUT2D eigenvalue weighted by Crippen LogP contribution is 2.27. The van der Waals surface area contributed by atoms with Gasteiger partial charge in [-0.2, -0.15) is 4.31 Å². The van der Waals surface area contributed by atoms with E-state index < -0.39 is 10.0 Å². The Labute approximate surface area is 158 Å². The monoisotopic (exact) mass is 383 g/mol. The number of amides is 1. The van der Waals surface area contributed by atoms with E-state index >= 15 is 0 Å². The smallest absolute Gasteiger partial charge is 0.243 e. The third-order valence-corrected chi connectivity index (χ3v) is 6.70. The summed E-state index contributed by atoms with van der Waals surface area (Å²) in [6, 6.07) is 16.5. The Hall–Kier alpha value is -2.64. The molecule has 1 amide bonds. The van der Waals surface area contributed by atoms with Gasteiger partial charge in [-0.1, -0.05) is 18.2 Å². The summed E-state index contributed by atoms with van der Waals surface area (Å²) in [6.45, 7) is 3.05. The highest BCUT2D eigenvalue weighted by atomic mass is 32.2. The summed E-state index contributed by atoms with van der Waals surface area (Å²) >= 11 is 0. The number of anilines is 1. The zero-order valence-corrected chi connectivity index (χ0v) is 15.9. The van der Waals surface area contributed by atoms with Crippen molar-refractivity contribution in [1.82, 2.24) is 8.87 Å². The molecule has 2 aromatic carbocycles. The SMILES string of the molecule is CC(=O)Nc1ccc(S(=O)(=O)N2CCCn3c(cc4ccccc43)C2)cc1. The van der Waals surface area contributed by atoms with Crippen molar-refractivity contribution in [3.63, 3.8) is 0 Å². The van der Waals surface area contributed by atoms with Crippen molar-refractivity contribution in [3.8, 4) is 0 Å². The Kier molecular flexibility index (Phi) is 4.49. The van der Waals surface area contributed by atoms with Crippen LogP contribution in [0.2, 0.25) is 0 Å². The zero-order chi connectivity index (χ0) is 19.0. The normalized spacial score (nSPS) is 15.3. The topological polar surface area (TPSA) is 71.4 Å². The number of aromatic nitrogens is 1. The molecular formula is C20H21N3O3S. The molecule has 0 atom stereocenters. The molecule has 0 aliphatic carbocycles. The minimum absolute atomic E-state index is 0.189. The summed E-state index contributed by atoms with van der Waals surface area (Å²) in [7, 11) is -3.60. The molecule has 140 valence electrons. The first-order valence-corrected chi connectivity index (χ1v) is 10.3. The molecule has 0 spiro atoms. The number of carbonyl (C=O) groups is 1. The summed E-state index contributed by atoms with van der Waals surface area (Å²) in [6.07, 6.45) is 0.759. The van der Waals surface area contributed by atoms with Crippen LogP contribution in [0, 0.1) is 0 Å². The van der Waals surface area contributed by atoms with Gasteiger partial charge in [0.05, 0.1) is 11.4 Å². The number of para-hydroxylation sites is 1. The molecule has 1 aliphatic heterocycles. The number of sulfonamides is 1. The summed E-state index contributed by atoms with van der Waals surface area (Å²) in [5.41, 5.74) is 2.73. The standard InChI is InChI=1S/C20H21N3O3S/c1-15(24)21-17-7-9-19(10-8-17)27(25,26)22-11-4-12-23-18(14-22)13-16-5-2-3-6-20(16)23/h2-3,5-10,13H,4,11-12,14H2,1H3,(H,21,24). The van der Waals surface area contributed by atoms with Gasteiger partial charge in [0.15, 0.2) is 0 Å². The largest absolute Gasteiger partial charge is 0.343 e. The molecule has 1 aromatic heterocycles. The fourth-order valence-corrected chi connectivity index (χ4v) is 5.05. The number of hydrogen-bond donors (Lipinski definition) is 1. The van der Waals surface area contributed by atoms with Gasteiger partial charge in [-0.25, -0.2) is 8.42 Å². The van der Waals surface area contributed by atoms with Gasteiger partial charge in [-0.15, -0.1) is 0 Å². The second-order valence-electron chi connectivity index (χ2n) is 6.74. The Bertz CT molecular complexity index is 1100.